The van der Waals surface area contributed by atoms with Crippen LogP contribution in [0, 0.1) is 5.41 Å². The van der Waals surface area contributed by atoms with Crippen molar-refractivity contribution in [2.75, 3.05) is 7.05 Å². The highest BCUT2D eigenvalue weighted by atomic mass is 19.4. The lowest BCUT2D eigenvalue weighted by molar-refractivity contribution is -0.127. The largest absolute Gasteiger partial charge is 0.393 e. The van der Waals surface area contributed by atoms with Crippen molar-refractivity contribution in [3.05, 3.63) is 34.9 Å². The van der Waals surface area contributed by atoms with E-state index in [4.69, 9.17) is 0 Å². The number of rotatable bonds is 1. The van der Waals surface area contributed by atoms with Crippen LogP contribution in [-0.4, -0.2) is 29.7 Å². The molecule has 1 saturated heterocycles. The molecule has 1 aromatic rings. The number of fused-ring (bicyclic) bond motifs is 2. The molecule has 1 heterocycles. The fourth-order valence-corrected chi connectivity index (χ4v) is 7.14. The molecule has 3 aliphatic carbocycles. The lowest BCUT2D eigenvalue weighted by Crippen LogP contribution is -2.50. The molecule has 0 N–H and O–H groups in total. The van der Waals surface area contributed by atoms with Crippen molar-refractivity contribution in [3.63, 3.8) is 0 Å². The highest BCUT2D eigenvalue weighted by Crippen LogP contribution is 2.76. The zero-order valence-electron chi connectivity index (χ0n) is 14.3. The van der Waals surface area contributed by atoms with E-state index in [1.54, 1.807) is 6.07 Å². The Balaban J connectivity index is 1.66. The van der Waals surface area contributed by atoms with E-state index in [1.807, 2.05) is 12.1 Å². The van der Waals surface area contributed by atoms with Gasteiger partial charge in [0.1, 0.15) is 0 Å². The van der Waals surface area contributed by atoms with Crippen LogP contribution in [0.4, 0.5) is 13.2 Å². The van der Waals surface area contributed by atoms with Gasteiger partial charge in [-0.1, -0.05) is 38.0 Å². The Kier molecular flexibility index (Phi) is 2.67. The van der Waals surface area contributed by atoms with E-state index in [0.29, 0.717) is 11.6 Å². The number of nitrogens with zero attached hydrogens (tertiary/aromatic N) is 1. The molecule has 2 bridgehead atoms. The Morgan fingerprint density at radius 1 is 1.21 bits per heavy atom. The molecule has 130 valence electrons. The second-order valence-electron chi connectivity index (χ2n) is 8.96. The molecule has 3 unspecified atom stereocenters. The molecule has 2 spiro atoms. The molecule has 2 saturated carbocycles. The van der Waals surface area contributed by atoms with Gasteiger partial charge in [-0.25, -0.2) is 0 Å². The summed E-state index contributed by atoms with van der Waals surface area (Å²) in [6, 6.07) is 6.25. The summed E-state index contributed by atoms with van der Waals surface area (Å²) in [5.74, 6) is 0. The van der Waals surface area contributed by atoms with Crippen LogP contribution in [0.25, 0.3) is 0 Å². The summed E-state index contributed by atoms with van der Waals surface area (Å²) in [4.78, 5) is 2.56. The topological polar surface area (TPSA) is 3.01 Å². The average molecular weight is 335 g/mol. The molecule has 5 atom stereocenters. The zero-order chi connectivity index (χ0) is 17.0. The number of piperidine rings is 1. The Bertz CT molecular complexity index is 726. The number of likely N-dealkylation sites (N-methyl/N-ethyl adjacent to an activating group) is 1. The van der Waals surface area contributed by atoms with E-state index < -0.39 is 12.6 Å². The standard InChI is InChI=1S/C20H24F3N/c1-17-7-3-4-8-18(17)12-19(16(17)24(19)2)11-14-6-5-13(9-15(14)18)10-20(21,22)23/h5-6,9,16H,3-4,7-8,10-12H2,1-2H3/t16-,17-,18?,19?,24?/m1/s1. The maximum Gasteiger partial charge on any atom is 0.393 e. The van der Waals surface area contributed by atoms with Crippen molar-refractivity contribution in [1.82, 2.24) is 4.90 Å². The SMILES string of the molecule is CN1[C@H]2C13Cc1ccc(CC(F)(F)F)cc1C1(CCCC[C@]21C)C3. The lowest BCUT2D eigenvalue weighted by Gasteiger charge is -2.53. The summed E-state index contributed by atoms with van der Waals surface area (Å²) in [5.41, 5.74) is 3.63. The first-order chi connectivity index (χ1) is 11.2. The van der Waals surface area contributed by atoms with Gasteiger partial charge in [-0.05, 0) is 54.8 Å². The molecule has 1 nitrogen and oxygen atoms in total. The summed E-state index contributed by atoms with van der Waals surface area (Å²) in [5, 5.41) is 0. The van der Waals surface area contributed by atoms with E-state index in [-0.39, 0.29) is 16.4 Å². The van der Waals surface area contributed by atoms with Gasteiger partial charge in [0.15, 0.2) is 0 Å². The van der Waals surface area contributed by atoms with Crippen molar-refractivity contribution in [2.24, 2.45) is 5.41 Å². The van der Waals surface area contributed by atoms with Gasteiger partial charge in [0.05, 0.1) is 6.42 Å². The smallest absolute Gasteiger partial charge is 0.293 e. The maximum atomic E-state index is 12.9. The van der Waals surface area contributed by atoms with Gasteiger partial charge in [0, 0.05) is 17.0 Å². The molecule has 4 heteroatoms. The van der Waals surface area contributed by atoms with Gasteiger partial charge in [-0.3, -0.25) is 4.90 Å². The monoisotopic (exact) mass is 335 g/mol. The second kappa shape index (κ2) is 4.20. The van der Waals surface area contributed by atoms with Gasteiger partial charge in [-0.2, -0.15) is 13.2 Å². The van der Waals surface area contributed by atoms with Crippen LogP contribution in [0.2, 0.25) is 0 Å². The van der Waals surface area contributed by atoms with Crippen LogP contribution in [0.15, 0.2) is 18.2 Å². The third-order valence-electron chi connectivity index (χ3n) is 7.98. The van der Waals surface area contributed by atoms with E-state index in [0.717, 1.165) is 19.3 Å². The second-order valence-corrected chi connectivity index (χ2v) is 8.96. The normalized spacial score (nSPS) is 45.4. The Morgan fingerprint density at radius 3 is 2.71 bits per heavy atom. The Labute approximate surface area is 141 Å². The molecule has 0 radical (unpaired) electrons. The molecular formula is C20H24F3N. The number of halogens is 3. The third kappa shape index (κ3) is 1.61. The minimum atomic E-state index is -4.13. The fraction of sp³-hybridized carbons (Fsp3) is 0.700. The van der Waals surface area contributed by atoms with Crippen LogP contribution in [0.3, 0.4) is 0 Å². The molecular weight excluding hydrogens is 311 g/mol. The quantitative estimate of drug-likeness (QED) is 0.677. The first-order valence-electron chi connectivity index (χ1n) is 9.14. The van der Waals surface area contributed by atoms with Crippen LogP contribution in [0.5, 0.6) is 0 Å². The molecule has 0 amide bonds. The molecule has 1 aliphatic heterocycles. The zero-order valence-corrected chi connectivity index (χ0v) is 14.3. The van der Waals surface area contributed by atoms with Crippen molar-refractivity contribution in [3.8, 4) is 0 Å². The summed E-state index contributed by atoms with van der Waals surface area (Å²) >= 11 is 0. The predicted molar refractivity (Wildman–Crippen MR) is 87.1 cm³/mol. The summed E-state index contributed by atoms with van der Waals surface area (Å²) < 4.78 is 38.6. The van der Waals surface area contributed by atoms with E-state index >= 15 is 0 Å². The molecule has 0 aromatic heterocycles. The van der Waals surface area contributed by atoms with Crippen LogP contribution >= 0.6 is 0 Å². The Hall–Kier alpha value is -1.03. The van der Waals surface area contributed by atoms with Crippen LogP contribution in [-0.2, 0) is 18.3 Å². The molecule has 1 aromatic carbocycles. The predicted octanol–water partition coefficient (Wildman–Crippen LogP) is 4.62. The van der Waals surface area contributed by atoms with E-state index in [1.165, 1.54) is 30.4 Å². The van der Waals surface area contributed by atoms with Crippen LogP contribution in [0.1, 0.15) is 55.7 Å². The first kappa shape index (κ1) is 15.2. The maximum absolute atomic E-state index is 12.9. The van der Waals surface area contributed by atoms with Gasteiger partial charge in [0.25, 0.3) is 0 Å². The minimum absolute atomic E-state index is 0.109. The van der Waals surface area contributed by atoms with Gasteiger partial charge in [-0.15, -0.1) is 0 Å². The molecule has 3 fully saturated rings. The van der Waals surface area contributed by atoms with E-state index in [2.05, 4.69) is 18.9 Å². The van der Waals surface area contributed by atoms with Crippen molar-refractivity contribution < 1.29 is 13.2 Å². The first-order valence-corrected chi connectivity index (χ1v) is 9.14. The highest BCUT2D eigenvalue weighted by molar-refractivity contribution is 5.53. The number of likely N-dealkylation sites (tertiary alicyclic amines) is 1. The van der Waals surface area contributed by atoms with Gasteiger partial charge < -0.3 is 0 Å². The minimum Gasteiger partial charge on any atom is -0.293 e. The molecule has 4 aliphatic rings. The Morgan fingerprint density at radius 2 is 1.96 bits per heavy atom. The van der Waals surface area contributed by atoms with Crippen molar-refractivity contribution >= 4 is 0 Å². The summed E-state index contributed by atoms with van der Waals surface area (Å²) in [6.07, 6.45) is 2.08. The number of benzene rings is 1. The summed E-state index contributed by atoms with van der Waals surface area (Å²) in [6.45, 7) is 2.42. The molecule has 5 rings (SSSR count). The highest BCUT2D eigenvalue weighted by Gasteiger charge is 2.81. The lowest BCUT2D eigenvalue weighted by atomic mass is 9.53. The van der Waals surface area contributed by atoms with Crippen molar-refractivity contribution in [1.29, 1.82) is 0 Å². The van der Waals surface area contributed by atoms with Crippen molar-refractivity contribution in [2.45, 2.75) is 75.0 Å². The molecule has 24 heavy (non-hydrogen) atoms. The number of hydrogen-bond donors (Lipinski definition) is 0. The van der Waals surface area contributed by atoms with E-state index in [9.17, 15) is 13.2 Å². The van der Waals surface area contributed by atoms with Crippen LogP contribution < -0.4 is 0 Å². The summed E-state index contributed by atoms with van der Waals surface area (Å²) in [7, 11) is 2.25. The van der Waals surface area contributed by atoms with Gasteiger partial charge >= 0.3 is 6.18 Å². The number of hydrogen-bond acceptors (Lipinski definition) is 1. The third-order valence-corrected chi connectivity index (χ3v) is 7.98. The fourth-order valence-electron chi connectivity index (χ4n) is 7.14. The average Bonchev–Trinajstić information content (AvgIpc) is 2.96. The number of alkyl halides is 3. The van der Waals surface area contributed by atoms with Gasteiger partial charge in [0.2, 0.25) is 0 Å².